The zero-order chi connectivity index (χ0) is 43.0. The first-order chi connectivity index (χ1) is 28.4. The summed E-state index contributed by atoms with van der Waals surface area (Å²) in [6, 6.07) is 12.5. The fraction of sp³-hybridized carbons (Fsp3) is 0.548. The molecule has 3 aliphatic heterocycles. The standard InChI is InChI=1S/C42H48F3N3O12/c1-39(2,3)57-32(52)15-13-28(22-49)47-30(50)16-17-46-38(54)41-20-29-33-34(59-40(58-33)18-26-6-4-5-7-27(26)19-40)36(41)60-48(35(41)37(53)56-29)21-25-10-8-24(9-11-25)12-14-31(51)55-23-42(43,44)45/h4-12,14,28-29,33-36,49H,13,15-23H2,1-3H3,(H,46,54)(H,47,50)/t28-,29+,33-,34-,35-,36+,41-/m0/s1. The zero-order valence-corrected chi connectivity index (χ0v) is 33.3. The fourth-order valence-corrected chi connectivity index (χ4v) is 8.69. The van der Waals surface area contributed by atoms with Gasteiger partial charge in [-0.05, 0) is 55.5 Å². The summed E-state index contributed by atoms with van der Waals surface area (Å²) in [4.78, 5) is 72.1. The van der Waals surface area contributed by atoms with Gasteiger partial charge >= 0.3 is 24.1 Å². The minimum atomic E-state index is -4.65. The van der Waals surface area contributed by atoms with Gasteiger partial charge in [0.15, 0.2) is 18.4 Å². The maximum absolute atomic E-state index is 14.6. The number of ether oxygens (including phenoxy) is 5. The number of rotatable bonds is 14. The molecule has 2 bridgehead atoms. The molecule has 7 atom stereocenters. The average molecular weight is 844 g/mol. The number of hydrogen-bond acceptors (Lipinski definition) is 13. The number of esters is 3. The number of aliphatic hydroxyl groups is 1. The molecule has 3 saturated heterocycles. The van der Waals surface area contributed by atoms with Crippen LogP contribution < -0.4 is 10.6 Å². The Bertz CT molecular complexity index is 1980. The van der Waals surface area contributed by atoms with Crippen LogP contribution in [0.1, 0.15) is 68.7 Å². The lowest BCUT2D eigenvalue weighted by Crippen LogP contribution is -2.69. The van der Waals surface area contributed by atoms with Crippen molar-refractivity contribution in [3.8, 4) is 0 Å². The van der Waals surface area contributed by atoms with Crippen LogP contribution in [0, 0.1) is 5.41 Å². The van der Waals surface area contributed by atoms with Crippen molar-refractivity contribution in [2.75, 3.05) is 19.8 Å². The summed E-state index contributed by atoms with van der Waals surface area (Å²) in [5, 5.41) is 16.8. The number of amides is 2. The Morgan fingerprint density at radius 1 is 1.00 bits per heavy atom. The van der Waals surface area contributed by atoms with Crippen LogP contribution in [0.2, 0.25) is 0 Å². The Morgan fingerprint density at radius 3 is 2.33 bits per heavy atom. The van der Waals surface area contributed by atoms with Crippen LogP contribution >= 0.6 is 0 Å². The lowest BCUT2D eigenvalue weighted by molar-refractivity contribution is -0.217. The highest BCUT2D eigenvalue weighted by Crippen LogP contribution is 2.58. The number of alkyl halides is 3. The monoisotopic (exact) mass is 843 g/mol. The molecular weight excluding hydrogens is 795 g/mol. The van der Waals surface area contributed by atoms with E-state index >= 15 is 0 Å². The molecule has 3 N–H and O–H groups in total. The van der Waals surface area contributed by atoms with E-state index in [0.29, 0.717) is 24.0 Å². The van der Waals surface area contributed by atoms with Crippen LogP contribution in [0.25, 0.3) is 6.08 Å². The molecule has 1 saturated carbocycles. The molecular formula is C42H48F3N3O12. The second-order valence-electron chi connectivity index (χ2n) is 16.8. The van der Waals surface area contributed by atoms with Crippen molar-refractivity contribution in [3.63, 3.8) is 0 Å². The van der Waals surface area contributed by atoms with Gasteiger partial charge in [-0.2, -0.15) is 18.2 Å². The number of hydrogen-bond donors (Lipinski definition) is 3. The van der Waals surface area contributed by atoms with Gasteiger partial charge in [-0.3, -0.25) is 24.0 Å². The highest BCUT2D eigenvalue weighted by Gasteiger charge is 2.76. The lowest BCUT2D eigenvalue weighted by atomic mass is 9.62. The van der Waals surface area contributed by atoms with E-state index in [9.17, 15) is 42.3 Å². The van der Waals surface area contributed by atoms with Crippen molar-refractivity contribution >= 4 is 35.8 Å². The van der Waals surface area contributed by atoms with Crippen LogP contribution in [0.4, 0.5) is 13.2 Å². The maximum atomic E-state index is 14.6. The molecule has 0 radical (unpaired) electrons. The van der Waals surface area contributed by atoms with E-state index in [1.165, 1.54) is 11.1 Å². The third-order valence-corrected chi connectivity index (χ3v) is 11.2. The van der Waals surface area contributed by atoms with Crippen molar-refractivity contribution in [1.82, 2.24) is 15.7 Å². The van der Waals surface area contributed by atoms with E-state index < -0.39 is 102 Å². The van der Waals surface area contributed by atoms with Gasteiger partial charge in [0.2, 0.25) is 11.8 Å². The summed E-state index contributed by atoms with van der Waals surface area (Å²) >= 11 is 0. The van der Waals surface area contributed by atoms with E-state index in [0.717, 1.165) is 17.2 Å². The minimum absolute atomic E-state index is 0.00331. The van der Waals surface area contributed by atoms with E-state index in [1.54, 1.807) is 45.0 Å². The van der Waals surface area contributed by atoms with Gasteiger partial charge in [-0.15, -0.1) is 0 Å². The van der Waals surface area contributed by atoms with Crippen molar-refractivity contribution < 1.29 is 70.8 Å². The van der Waals surface area contributed by atoms with Crippen molar-refractivity contribution in [3.05, 3.63) is 76.9 Å². The summed E-state index contributed by atoms with van der Waals surface area (Å²) in [5.41, 5.74) is 1.01. The van der Waals surface area contributed by atoms with Gasteiger partial charge < -0.3 is 39.4 Å². The van der Waals surface area contributed by atoms with Crippen LogP contribution in [0.3, 0.4) is 0 Å². The normalized spacial score (nSPS) is 26.9. The maximum Gasteiger partial charge on any atom is 0.422 e. The predicted molar refractivity (Wildman–Crippen MR) is 202 cm³/mol. The summed E-state index contributed by atoms with van der Waals surface area (Å²) in [6.07, 6.45) is -5.03. The van der Waals surface area contributed by atoms with E-state index in [2.05, 4.69) is 15.4 Å². The average Bonchev–Trinajstić information content (AvgIpc) is 3.85. The van der Waals surface area contributed by atoms with Crippen molar-refractivity contribution in [1.29, 1.82) is 0 Å². The zero-order valence-electron chi connectivity index (χ0n) is 33.3. The van der Waals surface area contributed by atoms with Crippen LogP contribution in [0.15, 0.2) is 54.6 Å². The van der Waals surface area contributed by atoms with Gasteiger partial charge in [-0.25, -0.2) is 4.79 Å². The lowest BCUT2D eigenvalue weighted by Gasteiger charge is -2.48. The van der Waals surface area contributed by atoms with Gasteiger partial charge in [0.1, 0.15) is 35.4 Å². The van der Waals surface area contributed by atoms with E-state index in [4.69, 9.17) is 23.8 Å². The van der Waals surface area contributed by atoms with Crippen molar-refractivity contribution in [2.45, 2.75) is 120 Å². The third-order valence-electron chi connectivity index (χ3n) is 11.2. The quantitative estimate of drug-likeness (QED) is 0.143. The summed E-state index contributed by atoms with van der Waals surface area (Å²) < 4.78 is 66.2. The van der Waals surface area contributed by atoms with Crippen LogP contribution in [-0.2, 0) is 71.9 Å². The number of nitrogens with zero attached hydrogens (tertiary/aromatic N) is 1. The highest BCUT2D eigenvalue weighted by molar-refractivity contribution is 5.94. The van der Waals surface area contributed by atoms with Crippen molar-refractivity contribution in [2.24, 2.45) is 5.41 Å². The Hall–Kier alpha value is -4.88. The second kappa shape index (κ2) is 16.9. The molecule has 2 aliphatic carbocycles. The summed E-state index contributed by atoms with van der Waals surface area (Å²) in [7, 11) is 0. The smallest absolute Gasteiger partial charge is 0.422 e. The van der Waals surface area contributed by atoms with Crippen LogP contribution in [-0.4, -0.2) is 114 Å². The molecule has 0 aromatic heterocycles. The first-order valence-electron chi connectivity index (χ1n) is 19.8. The number of halogens is 3. The molecule has 4 fully saturated rings. The van der Waals surface area contributed by atoms with Gasteiger partial charge in [0, 0.05) is 44.7 Å². The molecule has 7 rings (SSSR count). The third kappa shape index (κ3) is 9.37. The molecule has 1 spiro atoms. The predicted octanol–water partition coefficient (Wildman–Crippen LogP) is 2.99. The van der Waals surface area contributed by atoms with E-state index in [-0.39, 0.29) is 38.8 Å². The SMILES string of the molecule is CC(C)(C)OC(=O)CC[C@@H](CO)NC(=O)CCNC(=O)[C@@]12C[C@H]3OC(=O)[C@@H]1N(Cc1ccc(C=CC(=O)OCC(F)(F)F)cc1)O[C@@H]2[C@H]1OC2(Cc4ccccc4C2)O[C@H]13. The second-order valence-corrected chi connectivity index (χ2v) is 16.8. The van der Waals surface area contributed by atoms with Crippen LogP contribution in [0.5, 0.6) is 0 Å². The van der Waals surface area contributed by atoms with Gasteiger partial charge in [0.05, 0.1) is 19.2 Å². The Labute approximate surface area is 343 Å². The van der Waals surface area contributed by atoms with Gasteiger partial charge in [0.25, 0.3) is 0 Å². The molecule has 18 heteroatoms. The molecule has 15 nitrogen and oxygen atoms in total. The number of benzene rings is 2. The molecule has 2 aromatic carbocycles. The fourth-order valence-electron chi connectivity index (χ4n) is 8.69. The molecule has 3 heterocycles. The summed E-state index contributed by atoms with van der Waals surface area (Å²) in [6.45, 7) is 2.96. The topological polar surface area (TPSA) is 188 Å². The molecule has 5 aliphatic rings. The number of aliphatic hydroxyl groups excluding tert-OH is 1. The molecule has 0 unspecified atom stereocenters. The van der Waals surface area contributed by atoms with Gasteiger partial charge in [-0.1, -0.05) is 48.5 Å². The summed E-state index contributed by atoms with van der Waals surface area (Å²) in [5.74, 6) is -4.42. The number of carbonyl (C=O) groups is 5. The number of nitrogens with one attached hydrogen (secondary N) is 2. The highest BCUT2D eigenvalue weighted by atomic mass is 19.4. The minimum Gasteiger partial charge on any atom is -0.460 e. The number of hydroxylamine groups is 2. The number of fused-ring (bicyclic) bond motifs is 5. The molecule has 60 heavy (non-hydrogen) atoms. The number of carbonyl (C=O) groups excluding carboxylic acids is 5. The molecule has 2 amide bonds. The first kappa shape index (κ1) is 43.2. The molecule has 324 valence electrons. The Balaban J connectivity index is 1.06. The Morgan fingerprint density at radius 2 is 1.68 bits per heavy atom. The van der Waals surface area contributed by atoms with E-state index in [1.807, 2.05) is 24.3 Å². The first-order valence-corrected chi connectivity index (χ1v) is 19.8. The molecule has 2 aromatic rings. The largest absolute Gasteiger partial charge is 0.460 e. The Kier molecular flexibility index (Phi) is 12.2.